The van der Waals surface area contributed by atoms with Gasteiger partial charge in [-0.15, -0.1) is 0 Å². The molecule has 0 aromatic heterocycles. The van der Waals surface area contributed by atoms with E-state index in [2.05, 4.69) is 15.5 Å². The Bertz CT molecular complexity index is 39.0. The monoisotopic (exact) mass is 123 g/mol. The summed E-state index contributed by atoms with van der Waals surface area (Å²) in [5.74, 6) is 4.64. The molecule has 0 aromatic carbocycles. The third kappa shape index (κ3) is 5.81. The summed E-state index contributed by atoms with van der Waals surface area (Å²) < 4.78 is 15.9. The minimum Gasteiger partial charge on any atom is -0.376 e. The van der Waals surface area contributed by atoms with Crippen LogP contribution in [0.5, 0.6) is 0 Å². The van der Waals surface area contributed by atoms with Crippen LogP contribution in [0.4, 0.5) is 4.39 Å². The lowest BCUT2D eigenvalue weighted by Gasteiger charge is -1.96. The highest BCUT2D eigenvalue weighted by Gasteiger charge is 1.83. The van der Waals surface area contributed by atoms with Gasteiger partial charge in [0.25, 0.3) is 0 Å². The highest BCUT2D eigenvalue weighted by Crippen LogP contribution is 1.74. The minimum absolute atomic E-state index is 0.128. The van der Waals surface area contributed by atoms with Gasteiger partial charge in [-0.25, -0.2) is 10.3 Å². The number of alkyl halides is 1. The molecule has 0 aliphatic heterocycles. The second-order valence-electron chi connectivity index (χ2n) is 1.17. The van der Waals surface area contributed by atoms with Crippen molar-refractivity contribution in [3.05, 3.63) is 0 Å². The van der Waals surface area contributed by atoms with E-state index >= 15 is 0 Å². The van der Waals surface area contributed by atoms with Crippen molar-refractivity contribution in [2.75, 3.05) is 26.5 Å². The molecule has 0 amide bonds. The van der Waals surface area contributed by atoms with Crippen molar-refractivity contribution in [2.24, 2.45) is 5.90 Å². The summed E-state index contributed by atoms with van der Waals surface area (Å²) in [6, 6.07) is 0. The highest BCUT2D eigenvalue weighted by atomic mass is 19.1. The molecule has 0 saturated heterocycles. The van der Waals surface area contributed by atoms with E-state index in [9.17, 15) is 4.39 Å². The molecule has 0 fully saturated rings. The van der Waals surface area contributed by atoms with E-state index in [1.807, 2.05) is 0 Å². The number of ether oxygens (including phenoxy) is 1. The number of halogens is 1. The second-order valence-corrected chi connectivity index (χ2v) is 1.17. The van der Waals surface area contributed by atoms with E-state index in [1.54, 1.807) is 0 Å². The van der Waals surface area contributed by atoms with E-state index in [4.69, 9.17) is 0 Å². The molecule has 0 rings (SSSR count). The quantitative estimate of drug-likeness (QED) is 0.409. The smallest absolute Gasteiger partial charge is 0.113 e. The SMILES string of the molecule is NOCCOCCF. The third-order valence-corrected chi connectivity index (χ3v) is 0.567. The van der Waals surface area contributed by atoms with Crippen molar-refractivity contribution < 1.29 is 14.0 Å². The first-order valence-corrected chi connectivity index (χ1v) is 2.37. The topological polar surface area (TPSA) is 44.5 Å². The van der Waals surface area contributed by atoms with Crippen molar-refractivity contribution in [2.45, 2.75) is 0 Å². The fourth-order valence-electron chi connectivity index (χ4n) is 0.264. The van der Waals surface area contributed by atoms with Crippen LogP contribution in [0.2, 0.25) is 0 Å². The molecule has 0 aliphatic rings. The van der Waals surface area contributed by atoms with Crippen LogP contribution in [0.15, 0.2) is 0 Å². The van der Waals surface area contributed by atoms with E-state index in [0.717, 1.165) is 0 Å². The molecule has 4 heteroatoms. The lowest BCUT2D eigenvalue weighted by Crippen LogP contribution is -2.09. The van der Waals surface area contributed by atoms with Gasteiger partial charge in [0, 0.05) is 0 Å². The van der Waals surface area contributed by atoms with Crippen molar-refractivity contribution in [3.8, 4) is 0 Å². The summed E-state index contributed by atoms with van der Waals surface area (Å²) in [7, 11) is 0. The number of rotatable bonds is 5. The Morgan fingerprint density at radius 3 is 2.50 bits per heavy atom. The Labute approximate surface area is 47.5 Å². The van der Waals surface area contributed by atoms with Crippen LogP contribution in [-0.4, -0.2) is 26.5 Å². The van der Waals surface area contributed by atoms with E-state index in [-0.39, 0.29) is 6.61 Å². The van der Waals surface area contributed by atoms with E-state index in [0.29, 0.717) is 13.2 Å². The predicted octanol–water partition coefficient (Wildman–Crippen LogP) is -0.137. The summed E-state index contributed by atoms with van der Waals surface area (Å²) in [5, 5.41) is 0. The molecule has 0 bridgehead atoms. The molecule has 0 spiro atoms. The average molecular weight is 123 g/mol. The standard InChI is InChI=1S/C4H10FNO2/c5-1-2-7-3-4-8-6/h1-4,6H2. The fourth-order valence-corrected chi connectivity index (χ4v) is 0.264. The van der Waals surface area contributed by atoms with Gasteiger partial charge in [-0.05, 0) is 0 Å². The van der Waals surface area contributed by atoms with Gasteiger partial charge in [0.15, 0.2) is 0 Å². The van der Waals surface area contributed by atoms with Gasteiger partial charge in [0.05, 0.1) is 19.8 Å². The Kier molecular flexibility index (Phi) is 6.65. The Balaban J connectivity index is 2.53. The van der Waals surface area contributed by atoms with Crippen LogP contribution in [-0.2, 0) is 9.57 Å². The summed E-state index contributed by atoms with van der Waals surface area (Å²) in [6.45, 7) is 0.356. The summed E-state index contributed by atoms with van der Waals surface area (Å²) in [5.41, 5.74) is 0. The van der Waals surface area contributed by atoms with Crippen molar-refractivity contribution >= 4 is 0 Å². The summed E-state index contributed by atoms with van der Waals surface area (Å²) in [6.07, 6.45) is 0. The Morgan fingerprint density at radius 1 is 1.25 bits per heavy atom. The van der Waals surface area contributed by atoms with Gasteiger partial charge < -0.3 is 9.57 Å². The van der Waals surface area contributed by atoms with Gasteiger partial charge in [0.2, 0.25) is 0 Å². The number of hydrogen-bond acceptors (Lipinski definition) is 3. The second kappa shape index (κ2) is 6.81. The molecule has 2 N–H and O–H groups in total. The highest BCUT2D eigenvalue weighted by molar-refractivity contribution is 4.26. The zero-order chi connectivity index (χ0) is 6.24. The van der Waals surface area contributed by atoms with Crippen LogP contribution in [0, 0.1) is 0 Å². The average Bonchev–Trinajstić information content (AvgIpc) is 1.81. The molecule has 0 saturated carbocycles. The zero-order valence-corrected chi connectivity index (χ0v) is 4.60. The molecule has 0 aliphatic carbocycles. The van der Waals surface area contributed by atoms with Crippen molar-refractivity contribution in [3.63, 3.8) is 0 Å². The van der Waals surface area contributed by atoms with Crippen LogP contribution in [0.25, 0.3) is 0 Å². The van der Waals surface area contributed by atoms with Gasteiger partial charge >= 0.3 is 0 Å². The molecule has 3 nitrogen and oxygen atoms in total. The summed E-state index contributed by atoms with van der Waals surface area (Å²) >= 11 is 0. The first-order valence-electron chi connectivity index (χ1n) is 2.37. The molecule has 0 radical (unpaired) electrons. The molecule has 0 atom stereocenters. The van der Waals surface area contributed by atoms with Gasteiger partial charge in [0.1, 0.15) is 6.67 Å². The molecular formula is C4H10FNO2. The lowest BCUT2D eigenvalue weighted by molar-refractivity contribution is 0.0428. The zero-order valence-electron chi connectivity index (χ0n) is 4.60. The van der Waals surface area contributed by atoms with Crippen LogP contribution in [0.3, 0.4) is 0 Å². The minimum atomic E-state index is -0.454. The first-order chi connectivity index (χ1) is 3.91. The van der Waals surface area contributed by atoms with Crippen LogP contribution in [0.1, 0.15) is 0 Å². The van der Waals surface area contributed by atoms with Gasteiger partial charge in [-0.1, -0.05) is 0 Å². The van der Waals surface area contributed by atoms with Gasteiger partial charge in [-0.2, -0.15) is 0 Å². The maximum atomic E-state index is 11.2. The number of nitrogens with two attached hydrogens (primary N) is 1. The fraction of sp³-hybridized carbons (Fsp3) is 1.00. The van der Waals surface area contributed by atoms with Crippen molar-refractivity contribution in [1.29, 1.82) is 0 Å². The molecular weight excluding hydrogens is 113 g/mol. The molecule has 8 heavy (non-hydrogen) atoms. The predicted molar refractivity (Wildman–Crippen MR) is 26.9 cm³/mol. The normalized spacial score (nSPS) is 9.75. The van der Waals surface area contributed by atoms with Crippen molar-refractivity contribution in [1.82, 2.24) is 0 Å². The van der Waals surface area contributed by atoms with E-state index in [1.165, 1.54) is 0 Å². The maximum absolute atomic E-state index is 11.2. The summed E-state index contributed by atoms with van der Waals surface area (Å²) in [4.78, 5) is 4.14. The Morgan fingerprint density at radius 2 is 2.00 bits per heavy atom. The number of hydrogen-bond donors (Lipinski definition) is 1. The largest absolute Gasteiger partial charge is 0.376 e. The lowest BCUT2D eigenvalue weighted by atomic mass is 10.7. The molecule has 0 aromatic rings. The van der Waals surface area contributed by atoms with Gasteiger partial charge in [-0.3, -0.25) is 0 Å². The van der Waals surface area contributed by atoms with E-state index < -0.39 is 6.67 Å². The van der Waals surface area contributed by atoms with Crippen LogP contribution >= 0.6 is 0 Å². The molecule has 0 heterocycles. The van der Waals surface area contributed by atoms with Crippen LogP contribution < -0.4 is 5.90 Å². The Hall–Kier alpha value is -0.190. The molecule has 0 unspecified atom stereocenters. The third-order valence-electron chi connectivity index (χ3n) is 0.567. The first kappa shape index (κ1) is 7.81. The maximum Gasteiger partial charge on any atom is 0.113 e. The molecule has 50 valence electrons.